The number of rotatable bonds is 7. The molecule has 0 fully saturated rings. The van der Waals surface area contributed by atoms with Gasteiger partial charge in [-0.25, -0.2) is 4.79 Å². The van der Waals surface area contributed by atoms with E-state index in [2.05, 4.69) is 0 Å². The Morgan fingerprint density at radius 2 is 1.80 bits per heavy atom. The van der Waals surface area contributed by atoms with Crippen molar-refractivity contribution >= 4 is 28.8 Å². The highest BCUT2D eigenvalue weighted by Gasteiger charge is 2.26. The number of ether oxygens (including phenoxy) is 3. The highest BCUT2D eigenvalue weighted by Crippen LogP contribution is 2.34. The minimum atomic E-state index is -0.991. The largest absolute Gasteiger partial charge is 0.493 e. The van der Waals surface area contributed by atoms with Crippen molar-refractivity contribution in [3.63, 3.8) is 0 Å². The summed E-state index contributed by atoms with van der Waals surface area (Å²) in [6.07, 6.45) is 0. The van der Waals surface area contributed by atoms with Crippen molar-refractivity contribution in [2.45, 2.75) is 6.92 Å². The van der Waals surface area contributed by atoms with Gasteiger partial charge in [0.05, 0.1) is 30.1 Å². The normalized spacial score (nSPS) is 10.2. The van der Waals surface area contributed by atoms with Crippen molar-refractivity contribution in [3.05, 3.63) is 49.7 Å². The van der Waals surface area contributed by atoms with E-state index in [1.807, 2.05) is 6.92 Å². The molecular weight excluding hydrogens is 350 g/mol. The molecule has 0 bridgehead atoms. The summed E-state index contributed by atoms with van der Waals surface area (Å²) in [6, 6.07) is 5.63. The molecule has 1 heterocycles. The molecule has 25 heavy (non-hydrogen) atoms. The van der Waals surface area contributed by atoms with Gasteiger partial charge in [-0.15, -0.1) is 11.3 Å². The number of ketones is 1. The number of nitrogens with zero attached hydrogens (tertiary/aromatic N) is 1. The van der Waals surface area contributed by atoms with Gasteiger partial charge in [0.25, 0.3) is 5.69 Å². The van der Waals surface area contributed by atoms with Gasteiger partial charge in [0.2, 0.25) is 5.78 Å². The molecule has 0 amide bonds. The van der Waals surface area contributed by atoms with E-state index in [9.17, 15) is 19.7 Å². The van der Waals surface area contributed by atoms with Gasteiger partial charge in [0, 0.05) is 10.9 Å². The Morgan fingerprint density at radius 3 is 2.32 bits per heavy atom. The lowest BCUT2D eigenvalue weighted by Gasteiger charge is -2.10. The summed E-state index contributed by atoms with van der Waals surface area (Å²) in [7, 11) is 2.66. The Labute approximate surface area is 147 Å². The third-order valence-corrected chi connectivity index (χ3v) is 4.31. The number of thiophene rings is 1. The van der Waals surface area contributed by atoms with E-state index in [1.165, 1.54) is 25.6 Å². The summed E-state index contributed by atoms with van der Waals surface area (Å²) in [4.78, 5) is 36.1. The molecule has 0 aliphatic carbocycles. The van der Waals surface area contributed by atoms with Crippen LogP contribution in [-0.2, 0) is 4.74 Å². The standard InChI is InChI=1S/C16H15NO7S/c1-9-4-5-15(25-9)12(18)8-24-16(19)10-6-13(22-2)14(23-3)7-11(10)17(20)21/h4-7H,8H2,1-3H3. The van der Waals surface area contributed by atoms with E-state index >= 15 is 0 Å². The number of carbonyl (C=O) groups is 2. The summed E-state index contributed by atoms with van der Waals surface area (Å²) in [5.41, 5.74) is -0.820. The van der Waals surface area contributed by atoms with E-state index in [0.29, 0.717) is 4.88 Å². The molecule has 9 heteroatoms. The average Bonchev–Trinajstić information content (AvgIpc) is 3.04. The van der Waals surface area contributed by atoms with Crippen LogP contribution >= 0.6 is 11.3 Å². The first-order valence-electron chi connectivity index (χ1n) is 7.04. The lowest BCUT2D eigenvalue weighted by atomic mass is 10.1. The summed E-state index contributed by atoms with van der Waals surface area (Å²) < 4.78 is 15.0. The van der Waals surface area contributed by atoms with Crippen LogP contribution in [0.25, 0.3) is 0 Å². The summed E-state index contributed by atoms with van der Waals surface area (Å²) >= 11 is 1.28. The number of nitro groups is 1. The first-order chi connectivity index (χ1) is 11.9. The van der Waals surface area contributed by atoms with Crippen LogP contribution < -0.4 is 9.47 Å². The molecule has 0 spiro atoms. The average molecular weight is 365 g/mol. The lowest BCUT2D eigenvalue weighted by Crippen LogP contribution is -2.15. The monoisotopic (exact) mass is 365 g/mol. The van der Waals surface area contributed by atoms with Crippen LogP contribution in [-0.4, -0.2) is 37.5 Å². The lowest BCUT2D eigenvalue weighted by molar-refractivity contribution is -0.385. The van der Waals surface area contributed by atoms with Crippen molar-refractivity contribution < 1.29 is 28.7 Å². The number of benzene rings is 1. The van der Waals surface area contributed by atoms with Crippen LogP contribution in [0, 0.1) is 17.0 Å². The second-order valence-electron chi connectivity index (χ2n) is 4.89. The zero-order valence-corrected chi connectivity index (χ0v) is 14.5. The predicted molar refractivity (Wildman–Crippen MR) is 89.9 cm³/mol. The van der Waals surface area contributed by atoms with Crippen molar-refractivity contribution in [1.82, 2.24) is 0 Å². The van der Waals surface area contributed by atoms with Gasteiger partial charge < -0.3 is 14.2 Å². The first kappa shape index (κ1) is 18.4. The molecule has 2 aromatic rings. The Morgan fingerprint density at radius 1 is 1.16 bits per heavy atom. The Kier molecular flexibility index (Phi) is 5.71. The van der Waals surface area contributed by atoms with E-state index in [1.54, 1.807) is 12.1 Å². The minimum Gasteiger partial charge on any atom is -0.493 e. The maximum atomic E-state index is 12.2. The van der Waals surface area contributed by atoms with E-state index in [-0.39, 0.29) is 22.8 Å². The van der Waals surface area contributed by atoms with Gasteiger partial charge in [0.15, 0.2) is 18.1 Å². The van der Waals surface area contributed by atoms with Crippen LogP contribution in [0.4, 0.5) is 5.69 Å². The van der Waals surface area contributed by atoms with Crippen molar-refractivity contribution in [3.8, 4) is 11.5 Å². The minimum absolute atomic E-state index is 0.107. The fourth-order valence-corrected chi connectivity index (χ4v) is 2.84. The molecule has 0 aliphatic heterocycles. The SMILES string of the molecule is COc1cc(C(=O)OCC(=O)c2ccc(C)s2)c([N+](=O)[O-])cc1OC. The zero-order chi connectivity index (χ0) is 18.6. The third-order valence-electron chi connectivity index (χ3n) is 3.27. The highest BCUT2D eigenvalue weighted by molar-refractivity contribution is 7.14. The molecule has 0 saturated heterocycles. The maximum Gasteiger partial charge on any atom is 0.345 e. The fourth-order valence-electron chi connectivity index (χ4n) is 2.05. The predicted octanol–water partition coefficient (Wildman–Crippen LogP) is 3.02. The van der Waals surface area contributed by atoms with Crippen LogP contribution in [0.5, 0.6) is 11.5 Å². The number of aryl methyl sites for hydroxylation is 1. The van der Waals surface area contributed by atoms with Gasteiger partial charge in [0.1, 0.15) is 5.56 Å². The van der Waals surface area contributed by atoms with Crippen molar-refractivity contribution in [1.29, 1.82) is 0 Å². The van der Waals surface area contributed by atoms with Crippen LogP contribution in [0.2, 0.25) is 0 Å². The van der Waals surface area contributed by atoms with E-state index in [0.717, 1.165) is 17.0 Å². The van der Waals surface area contributed by atoms with Gasteiger partial charge in [-0.1, -0.05) is 0 Å². The summed E-state index contributed by atoms with van der Waals surface area (Å²) in [5.74, 6) is -1.12. The molecule has 0 saturated carbocycles. The number of Topliss-reactive ketones (excluding diaryl/α,β-unsaturated/α-hetero) is 1. The Balaban J connectivity index is 2.22. The van der Waals surface area contributed by atoms with Crippen LogP contribution in [0.1, 0.15) is 24.9 Å². The molecule has 0 aliphatic rings. The molecule has 1 aromatic heterocycles. The number of methoxy groups -OCH3 is 2. The molecule has 2 rings (SSSR count). The number of hydrogen-bond donors (Lipinski definition) is 0. The van der Waals surface area contributed by atoms with Crippen molar-refractivity contribution in [2.75, 3.05) is 20.8 Å². The Bertz CT molecular complexity index is 828. The smallest absolute Gasteiger partial charge is 0.345 e. The molecule has 1 aromatic carbocycles. The quantitative estimate of drug-likeness (QED) is 0.321. The molecule has 0 unspecified atom stereocenters. The Hall–Kier alpha value is -2.94. The number of hydrogen-bond acceptors (Lipinski definition) is 8. The van der Waals surface area contributed by atoms with Crippen LogP contribution in [0.3, 0.4) is 0 Å². The molecule has 0 radical (unpaired) electrons. The zero-order valence-electron chi connectivity index (χ0n) is 13.7. The first-order valence-corrected chi connectivity index (χ1v) is 7.86. The summed E-state index contributed by atoms with van der Waals surface area (Å²) in [5, 5.41) is 11.2. The van der Waals surface area contributed by atoms with E-state index in [4.69, 9.17) is 14.2 Å². The van der Waals surface area contributed by atoms with E-state index < -0.39 is 23.2 Å². The maximum absolute atomic E-state index is 12.2. The molecule has 132 valence electrons. The molecule has 0 atom stereocenters. The molecule has 0 N–H and O–H groups in total. The second kappa shape index (κ2) is 7.75. The molecule has 8 nitrogen and oxygen atoms in total. The summed E-state index contributed by atoms with van der Waals surface area (Å²) in [6.45, 7) is 1.34. The van der Waals surface area contributed by atoms with Crippen molar-refractivity contribution in [2.24, 2.45) is 0 Å². The third kappa shape index (κ3) is 4.13. The molecular formula is C16H15NO7S. The fraction of sp³-hybridized carbons (Fsp3) is 0.250. The van der Waals surface area contributed by atoms with Gasteiger partial charge >= 0.3 is 5.97 Å². The van der Waals surface area contributed by atoms with Gasteiger partial charge in [-0.2, -0.15) is 0 Å². The second-order valence-corrected chi connectivity index (χ2v) is 6.18. The number of nitro benzene ring substituents is 1. The van der Waals surface area contributed by atoms with Crippen LogP contribution in [0.15, 0.2) is 24.3 Å². The number of carbonyl (C=O) groups excluding carboxylic acids is 2. The number of esters is 1. The van der Waals surface area contributed by atoms with Gasteiger partial charge in [-0.3, -0.25) is 14.9 Å². The highest BCUT2D eigenvalue weighted by atomic mass is 32.1. The topological polar surface area (TPSA) is 105 Å². The van der Waals surface area contributed by atoms with Gasteiger partial charge in [-0.05, 0) is 19.1 Å².